The van der Waals surface area contributed by atoms with Crippen LogP contribution in [-0.2, 0) is 10.5 Å². The molecule has 0 amide bonds. The number of alkyl halides is 2. The van der Waals surface area contributed by atoms with Gasteiger partial charge in [-0.15, -0.1) is 0 Å². The van der Waals surface area contributed by atoms with Gasteiger partial charge in [-0.3, -0.25) is 13.9 Å². The Morgan fingerprint density at radius 2 is 1.73 bits per heavy atom. The predicted octanol–water partition coefficient (Wildman–Crippen LogP) is 4.64. The van der Waals surface area contributed by atoms with Crippen molar-refractivity contribution >= 4 is 33.7 Å². The average Bonchev–Trinajstić information content (AvgIpc) is 3.11. The second-order valence-electron chi connectivity index (χ2n) is 6.84. The first-order chi connectivity index (χ1) is 14.5. The van der Waals surface area contributed by atoms with Gasteiger partial charge < -0.3 is 4.74 Å². The number of nitrogens with zero attached hydrogens (tertiary/aromatic N) is 4. The summed E-state index contributed by atoms with van der Waals surface area (Å²) >= 11 is 1.21. The lowest BCUT2D eigenvalue weighted by Crippen LogP contribution is -2.28. The highest BCUT2D eigenvalue weighted by atomic mass is 32.2. The van der Waals surface area contributed by atoms with Crippen LogP contribution >= 0.6 is 11.8 Å². The third-order valence-electron chi connectivity index (χ3n) is 4.82. The van der Waals surface area contributed by atoms with Crippen LogP contribution < -0.4 is 5.56 Å². The Labute approximate surface area is 175 Å². The number of hydrogen-bond donors (Lipinski definition) is 0. The molecule has 0 aliphatic carbocycles. The fraction of sp³-hybridized carbons (Fsp3) is 0.286. The number of rotatable bonds is 7. The van der Waals surface area contributed by atoms with Crippen LogP contribution in [0.25, 0.3) is 21.9 Å². The van der Waals surface area contributed by atoms with Crippen LogP contribution in [0.2, 0.25) is 0 Å². The first kappa shape index (κ1) is 20.5. The molecule has 0 fully saturated rings. The summed E-state index contributed by atoms with van der Waals surface area (Å²) in [6.07, 6.45) is 0. The molecular weight excluding hydrogens is 410 g/mol. The lowest BCUT2D eigenvalue weighted by molar-refractivity contribution is 0.0722. The highest BCUT2D eigenvalue weighted by Gasteiger charge is 2.20. The molecule has 0 bridgehead atoms. The van der Waals surface area contributed by atoms with Crippen LogP contribution in [0.5, 0.6) is 0 Å². The highest BCUT2D eigenvalue weighted by molar-refractivity contribution is 7.98. The van der Waals surface area contributed by atoms with Gasteiger partial charge in [0, 0.05) is 7.11 Å². The Bertz CT molecular complexity index is 1250. The van der Waals surface area contributed by atoms with Gasteiger partial charge in [0.25, 0.3) is 5.56 Å². The van der Waals surface area contributed by atoms with Crippen molar-refractivity contribution in [3.63, 3.8) is 0 Å². The maximum absolute atomic E-state index is 13.7. The average molecular weight is 430 g/mol. The van der Waals surface area contributed by atoms with E-state index in [1.807, 2.05) is 13.0 Å². The largest absolute Gasteiger partial charge is 0.383 e. The number of fused-ring (bicyclic) bond motifs is 2. The van der Waals surface area contributed by atoms with E-state index in [0.29, 0.717) is 33.7 Å². The molecule has 1 atom stereocenters. The van der Waals surface area contributed by atoms with E-state index in [-0.39, 0.29) is 23.2 Å². The standard InChI is InChI=1S/C21H20F2N4O2S/c1-13(11-29-2)26-19(28)14-7-3-4-8-15(14)25-21(26)30-12-18-24-16-9-5-6-10-17(16)27(18)20(22)23/h3-10,13,20H,11-12H2,1-2H3/t13-/m0/s1. The molecule has 9 heteroatoms. The number of para-hydroxylation sites is 3. The third kappa shape index (κ3) is 3.70. The van der Waals surface area contributed by atoms with Gasteiger partial charge in [0.15, 0.2) is 5.16 Å². The van der Waals surface area contributed by atoms with Crippen molar-refractivity contribution in [3.8, 4) is 0 Å². The van der Waals surface area contributed by atoms with Gasteiger partial charge in [0.1, 0.15) is 5.82 Å². The molecule has 0 N–H and O–H groups in total. The Morgan fingerprint density at radius 1 is 1.03 bits per heavy atom. The third-order valence-corrected chi connectivity index (χ3v) is 5.77. The van der Waals surface area contributed by atoms with Gasteiger partial charge >= 0.3 is 6.55 Å². The minimum absolute atomic E-state index is 0.142. The predicted molar refractivity (Wildman–Crippen MR) is 113 cm³/mol. The van der Waals surface area contributed by atoms with Gasteiger partial charge in [0.2, 0.25) is 0 Å². The summed E-state index contributed by atoms with van der Waals surface area (Å²) in [5.74, 6) is 0.369. The van der Waals surface area contributed by atoms with Crippen molar-refractivity contribution in [3.05, 3.63) is 64.7 Å². The summed E-state index contributed by atoms with van der Waals surface area (Å²) in [5.41, 5.74) is 1.26. The maximum atomic E-state index is 13.7. The summed E-state index contributed by atoms with van der Waals surface area (Å²) in [5, 5.41) is 0.945. The first-order valence-corrected chi connectivity index (χ1v) is 10.4. The van der Waals surface area contributed by atoms with Gasteiger partial charge in [-0.25, -0.2) is 9.97 Å². The molecule has 2 aromatic carbocycles. The zero-order chi connectivity index (χ0) is 21.3. The molecule has 0 saturated carbocycles. The fourth-order valence-corrected chi connectivity index (χ4v) is 4.50. The molecule has 156 valence electrons. The van der Waals surface area contributed by atoms with Crippen molar-refractivity contribution in [1.29, 1.82) is 0 Å². The van der Waals surface area contributed by atoms with Gasteiger partial charge in [0.05, 0.1) is 40.3 Å². The number of imidazole rings is 1. The number of hydrogen-bond acceptors (Lipinski definition) is 5. The molecule has 6 nitrogen and oxygen atoms in total. The number of halogens is 2. The molecule has 2 heterocycles. The second-order valence-corrected chi connectivity index (χ2v) is 7.79. The Balaban J connectivity index is 1.77. The topological polar surface area (TPSA) is 61.9 Å². The Kier molecular flexibility index (Phi) is 5.83. The zero-order valence-corrected chi connectivity index (χ0v) is 17.3. The van der Waals surface area contributed by atoms with Crippen LogP contribution in [0.1, 0.15) is 25.3 Å². The van der Waals surface area contributed by atoms with E-state index in [9.17, 15) is 13.6 Å². The number of ether oxygens (including phenoxy) is 1. The molecule has 0 spiro atoms. The van der Waals surface area contributed by atoms with E-state index in [2.05, 4.69) is 9.97 Å². The van der Waals surface area contributed by atoms with Gasteiger partial charge in [-0.2, -0.15) is 8.78 Å². The Hall–Kier alpha value is -2.78. The quantitative estimate of drug-likeness (QED) is 0.316. The van der Waals surface area contributed by atoms with Crippen LogP contribution in [0.15, 0.2) is 58.5 Å². The number of benzene rings is 2. The van der Waals surface area contributed by atoms with Gasteiger partial charge in [-0.1, -0.05) is 36.0 Å². The molecule has 0 radical (unpaired) electrons. The minimum atomic E-state index is -2.72. The van der Waals surface area contributed by atoms with E-state index in [1.54, 1.807) is 54.1 Å². The van der Waals surface area contributed by atoms with Crippen LogP contribution in [0, 0.1) is 0 Å². The minimum Gasteiger partial charge on any atom is -0.383 e. The van der Waals surface area contributed by atoms with Crippen molar-refractivity contribution < 1.29 is 13.5 Å². The maximum Gasteiger partial charge on any atom is 0.320 e. The van der Waals surface area contributed by atoms with E-state index < -0.39 is 6.55 Å². The van der Waals surface area contributed by atoms with Crippen LogP contribution in [0.4, 0.5) is 8.78 Å². The van der Waals surface area contributed by atoms with Crippen molar-refractivity contribution in [1.82, 2.24) is 19.1 Å². The molecule has 4 rings (SSSR count). The molecule has 4 aromatic rings. The zero-order valence-electron chi connectivity index (χ0n) is 16.5. The monoisotopic (exact) mass is 430 g/mol. The first-order valence-electron chi connectivity index (χ1n) is 9.38. The van der Waals surface area contributed by atoms with Crippen molar-refractivity contribution in [2.75, 3.05) is 13.7 Å². The van der Waals surface area contributed by atoms with Crippen LogP contribution in [-0.4, -0.2) is 32.8 Å². The molecular formula is C21H20F2N4O2S. The summed E-state index contributed by atoms with van der Waals surface area (Å²) in [4.78, 5) is 22.1. The van der Waals surface area contributed by atoms with E-state index in [1.165, 1.54) is 11.8 Å². The SMILES string of the molecule is COC[C@H](C)n1c(SCc2nc3ccccc3n2C(F)F)nc2ccccc2c1=O. The Morgan fingerprint density at radius 3 is 2.47 bits per heavy atom. The van der Waals surface area contributed by atoms with Crippen molar-refractivity contribution in [2.45, 2.75) is 30.4 Å². The second kappa shape index (κ2) is 8.53. The number of thioether (sulfide) groups is 1. The molecule has 0 aliphatic heterocycles. The lowest BCUT2D eigenvalue weighted by atomic mass is 10.2. The normalized spacial score (nSPS) is 12.8. The van der Waals surface area contributed by atoms with E-state index in [4.69, 9.17) is 4.74 Å². The molecule has 2 aromatic heterocycles. The molecule has 0 aliphatic rings. The van der Waals surface area contributed by atoms with Gasteiger partial charge in [-0.05, 0) is 31.2 Å². The summed E-state index contributed by atoms with van der Waals surface area (Å²) in [6, 6.07) is 13.6. The highest BCUT2D eigenvalue weighted by Crippen LogP contribution is 2.29. The molecule has 0 saturated heterocycles. The summed E-state index contributed by atoms with van der Waals surface area (Å²) in [6.45, 7) is -0.532. The fourth-order valence-electron chi connectivity index (χ4n) is 3.47. The smallest absolute Gasteiger partial charge is 0.320 e. The summed E-state index contributed by atoms with van der Waals surface area (Å²) < 4.78 is 35.1. The van der Waals surface area contributed by atoms with E-state index >= 15 is 0 Å². The van der Waals surface area contributed by atoms with E-state index in [0.717, 1.165) is 4.57 Å². The summed E-state index contributed by atoms with van der Waals surface area (Å²) in [7, 11) is 1.56. The molecule has 0 unspecified atom stereocenters. The lowest BCUT2D eigenvalue weighted by Gasteiger charge is -2.19. The van der Waals surface area contributed by atoms with Crippen LogP contribution in [0.3, 0.4) is 0 Å². The number of methoxy groups -OCH3 is 1. The number of aromatic nitrogens is 4. The van der Waals surface area contributed by atoms with Crippen molar-refractivity contribution in [2.24, 2.45) is 0 Å². The molecule has 30 heavy (non-hydrogen) atoms.